The van der Waals surface area contributed by atoms with Gasteiger partial charge in [0.25, 0.3) is 5.91 Å². The van der Waals surface area contributed by atoms with E-state index < -0.39 is 0 Å². The summed E-state index contributed by atoms with van der Waals surface area (Å²) in [4.78, 5) is 12.2. The lowest BCUT2D eigenvalue weighted by Crippen LogP contribution is -2.13. The number of carbonyl (C=O) groups excluding carboxylic acids is 1. The average molecular weight is 295 g/mol. The number of benzene rings is 2. The van der Waals surface area contributed by atoms with Crippen LogP contribution < -0.4 is 10.6 Å². The van der Waals surface area contributed by atoms with Crippen LogP contribution >= 0.6 is 23.2 Å². The van der Waals surface area contributed by atoms with Crippen molar-refractivity contribution in [2.75, 3.05) is 17.7 Å². The fourth-order valence-corrected chi connectivity index (χ4v) is 2.25. The van der Waals surface area contributed by atoms with Crippen LogP contribution in [0.4, 0.5) is 11.4 Å². The van der Waals surface area contributed by atoms with Crippen molar-refractivity contribution in [2.45, 2.75) is 0 Å². The molecule has 0 fully saturated rings. The minimum absolute atomic E-state index is 0.219. The van der Waals surface area contributed by atoms with Crippen LogP contribution in [0.15, 0.2) is 42.5 Å². The highest BCUT2D eigenvalue weighted by molar-refractivity contribution is 6.35. The SMILES string of the molecule is CNc1ccccc1C(=O)Nc1cc(Cl)cc(Cl)c1. The van der Waals surface area contributed by atoms with Gasteiger partial charge in [0.1, 0.15) is 0 Å². The fraction of sp³-hybridized carbons (Fsp3) is 0.0714. The second kappa shape index (κ2) is 5.95. The van der Waals surface area contributed by atoms with Gasteiger partial charge < -0.3 is 10.6 Å². The Bertz CT molecular complexity index is 594. The van der Waals surface area contributed by atoms with Gasteiger partial charge in [-0.25, -0.2) is 0 Å². The van der Waals surface area contributed by atoms with Gasteiger partial charge in [-0.1, -0.05) is 35.3 Å². The van der Waals surface area contributed by atoms with E-state index in [1.54, 1.807) is 37.4 Å². The maximum absolute atomic E-state index is 12.2. The molecule has 0 heterocycles. The molecule has 0 aliphatic heterocycles. The van der Waals surface area contributed by atoms with Crippen LogP contribution in [0.5, 0.6) is 0 Å². The van der Waals surface area contributed by atoms with Crippen LogP contribution in [0.25, 0.3) is 0 Å². The van der Waals surface area contributed by atoms with E-state index in [0.29, 0.717) is 21.3 Å². The third kappa shape index (κ3) is 3.40. The molecule has 0 unspecified atom stereocenters. The number of nitrogens with one attached hydrogen (secondary N) is 2. The van der Waals surface area contributed by atoms with Crippen LogP contribution in [0.3, 0.4) is 0 Å². The Labute approximate surface area is 121 Å². The molecule has 0 spiro atoms. The van der Waals surface area contributed by atoms with Crippen molar-refractivity contribution in [1.29, 1.82) is 0 Å². The average Bonchev–Trinajstić information content (AvgIpc) is 2.37. The number of hydrogen-bond acceptors (Lipinski definition) is 2. The fourth-order valence-electron chi connectivity index (χ4n) is 1.72. The molecule has 0 saturated heterocycles. The molecule has 0 saturated carbocycles. The summed E-state index contributed by atoms with van der Waals surface area (Å²) in [6.07, 6.45) is 0. The second-order valence-corrected chi connectivity index (χ2v) is 4.78. The number of carbonyl (C=O) groups is 1. The van der Waals surface area contributed by atoms with Gasteiger partial charge in [-0.3, -0.25) is 4.79 Å². The Morgan fingerprint density at radius 2 is 1.68 bits per heavy atom. The molecule has 2 aromatic rings. The number of rotatable bonds is 3. The first-order chi connectivity index (χ1) is 9.10. The molecule has 0 aliphatic rings. The molecule has 0 aliphatic carbocycles. The monoisotopic (exact) mass is 294 g/mol. The number of halogens is 2. The Morgan fingerprint density at radius 3 is 2.32 bits per heavy atom. The van der Waals surface area contributed by atoms with Crippen LogP contribution in [-0.4, -0.2) is 13.0 Å². The molecular formula is C14H12Cl2N2O. The molecule has 2 aromatic carbocycles. The van der Waals surface area contributed by atoms with Gasteiger partial charge in [-0.05, 0) is 30.3 Å². The van der Waals surface area contributed by atoms with E-state index in [1.165, 1.54) is 0 Å². The zero-order valence-corrected chi connectivity index (χ0v) is 11.7. The summed E-state index contributed by atoms with van der Waals surface area (Å²) in [5, 5.41) is 6.69. The molecule has 19 heavy (non-hydrogen) atoms. The molecule has 0 radical (unpaired) electrons. The van der Waals surface area contributed by atoms with E-state index in [9.17, 15) is 4.79 Å². The van der Waals surface area contributed by atoms with Gasteiger partial charge in [-0.15, -0.1) is 0 Å². The highest BCUT2D eigenvalue weighted by Gasteiger charge is 2.10. The molecule has 2 rings (SSSR count). The van der Waals surface area contributed by atoms with Gasteiger partial charge in [0.2, 0.25) is 0 Å². The summed E-state index contributed by atoms with van der Waals surface area (Å²) in [6, 6.07) is 12.1. The summed E-state index contributed by atoms with van der Waals surface area (Å²) in [6.45, 7) is 0. The van der Waals surface area contributed by atoms with Crippen LogP contribution in [0.2, 0.25) is 10.0 Å². The maximum atomic E-state index is 12.2. The summed E-state index contributed by atoms with van der Waals surface area (Å²) in [5.41, 5.74) is 1.88. The Balaban J connectivity index is 2.25. The van der Waals surface area contributed by atoms with E-state index in [2.05, 4.69) is 10.6 Å². The molecular weight excluding hydrogens is 283 g/mol. The zero-order chi connectivity index (χ0) is 13.8. The second-order valence-electron chi connectivity index (χ2n) is 3.91. The third-order valence-electron chi connectivity index (χ3n) is 2.56. The van der Waals surface area contributed by atoms with Gasteiger partial charge >= 0.3 is 0 Å². The minimum Gasteiger partial charge on any atom is -0.387 e. The van der Waals surface area contributed by atoms with Crippen molar-refractivity contribution in [3.8, 4) is 0 Å². The highest BCUT2D eigenvalue weighted by atomic mass is 35.5. The lowest BCUT2D eigenvalue weighted by Gasteiger charge is -2.10. The Morgan fingerprint density at radius 1 is 1.05 bits per heavy atom. The van der Waals surface area contributed by atoms with Crippen molar-refractivity contribution in [2.24, 2.45) is 0 Å². The third-order valence-corrected chi connectivity index (χ3v) is 3.00. The first kappa shape index (κ1) is 13.7. The predicted octanol–water partition coefficient (Wildman–Crippen LogP) is 4.29. The first-order valence-corrected chi connectivity index (χ1v) is 6.40. The highest BCUT2D eigenvalue weighted by Crippen LogP contribution is 2.23. The van der Waals surface area contributed by atoms with Gasteiger partial charge in [0.15, 0.2) is 0 Å². The van der Waals surface area contributed by atoms with Crippen molar-refractivity contribution >= 4 is 40.5 Å². The smallest absolute Gasteiger partial charge is 0.257 e. The molecule has 3 nitrogen and oxygen atoms in total. The summed E-state index contributed by atoms with van der Waals surface area (Å²) >= 11 is 11.8. The molecule has 1 amide bonds. The molecule has 98 valence electrons. The van der Waals surface area contributed by atoms with Crippen LogP contribution in [0.1, 0.15) is 10.4 Å². The summed E-state index contributed by atoms with van der Waals surface area (Å²) in [7, 11) is 1.77. The first-order valence-electron chi connectivity index (χ1n) is 5.64. The molecule has 5 heteroatoms. The van der Waals surface area contributed by atoms with Crippen LogP contribution in [-0.2, 0) is 0 Å². The lowest BCUT2D eigenvalue weighted by atomic mass is 10.1. The standard InChI is InChI=1S/C14H12Cl2N2O/c1-17-13-5-3-2-4-12(13)14(19)18-11-7-9(15)6-10(16)8-11/h2-8,17H,1H3,(H,18,19). The van der Waals surface area contributed by atoms with Crippen molar-refractivity contribution in [3.63, 3.8) is 0 Å². The largest absolute Gasteiger partial charge is 0.387 e. The van der Waals surface area contributed by atoms with Gasteiger partial charge in [-0.2, -0.15) is 0 Å². The number of hydrogen-bond donors (Lipinski definition) is 2. The van der Waals surface area contributed by atoms with E-state index in [0.717, 1.165) is 5.69 Å². The van der Waals surface area contributed by atoms with E-state index >= 15 is 0 Å². The Kier molecular flexibility index (Phi) is 4.30. The van der Waals surface area contributed by atoms with E-state index in [-0.39, 0.29) is 5.91 Å². The zero-order valence-electron chi connectivity index (χ0n) is 10.2. The number of para-hydroxylation sites is 1. The molecule has 0 atom stereocenters. The lowest BCUT2D eigenvalue weighted by molar-refractivity contribution is 0.102. The quantitative estimate of drug-likeness (QED) is 0.887. The van der Waals surface area contributed by atoms with E-state index in [1.807, 2.05) is 12.1 Å². The van der Waals surface area contributed by atoms with Crippen LogP contribution in [0, 0.1) is 0 Å². The topological polar surface area (TPSA) is 41.1 Å². The van der Waals surface area contributed by atoms with Gasteiger partial charge in [0.05, 0.1) is 5.56 Å². The number of amides is 1. The Hall–Kier alpha value is -1.71. The molecule has 2 N–H and O–H groups in total. The maximum Gasteiger partial charge on any atom is 0.257 e. The molecule has 0 aromatic heterocycles. The number of anilines is 2. The summed E-state index contributed by atoms with van der Waals surface area (Å²) in [5.74, 6) is -0.219. The summed E-state index contributed by atoms with van der Waals surface area (Å²) < 4.78 is 0. The van der Waals surface area contributed by atoms with Crippen molar-refractivity contribution in [3.05, 3.63) is 58.1 Å². The van der Waals surface area contributed by atoms with Crippen molar-refractivity contribution in [1.82, 2.24) is 0 Å². The molecule has 0 bridgehead atoms. The minimum atomic E-state index is -0.219. The van der Waals surface area contributed by atoms with Gasteiger partial charge in [0, 0.05) is 28.5 Å². The van der Waals surface area contributed by atoms with Crippen molar-refractivity contribution < 1.29 is 4.79 Å². The predicted molar refractivity (Wildman–Crippen MR) is 80.4 cm³/mol. The van der Waals surface area contributed by atoms with E-state index in [4.69, 9.17) is 23.2 Å². The normalized spacial score (nSPS) is 10.1.